The van der Waals surface area contributed by atoms with Crippen molar-refractivity contribution in [3.63, 3.8) is 0 Å². The molecule has 0 aliphatic heterocycles. The Balaban J connectivity index is 1.72. The fourth-order valence-electron chi connectivity index (χ4n) is 2.78. The molecular weight excluding hydrogens is 481 g/mol. The van der Waals surface area contributed by atoms with Crippen LogP contribution in [0.15, 0.2) is 48.9 Å². The zero-order valence-corrected chi connectivity index (χ0v) is 16.9. The zero-order chi connectivity index (χ0) is 24.4. The number of nitrogens with one attached hydrogen (secondary N) is 1. The minimum atomic E-state index is -4.93. The summed E-state index contributed by atoms with van der Waals surface area (Å²) in [5.41, 5.74) is -3.03. The number of rotatable bonds is 5. The summed E-state index contributed by atoms with van der Waals surface area (Å²) in [7, 11) is 0. The van der Waals surface area contributed by atoms with Crippen molar-refractivity contribution in [3.8, 4) is 11.1 Å². The Bertz CT molecular complexity index is 1150. The van der Waals surface area contributed by atoms with E-state index in [1.165, 1.54) is 24.3 Å². The van der Waals surface area contributed by atoms with Crippen LogP contribution in [0.5, 0.6) is 0 Å². The number of alkyl halides is 7. The molecule has 2 heterocycles. The van der Waals surface area contributed by atoms with Gasteiger partial charge in [-0.15, -0.1) is 0 Å². The predicted molar refractivity (Wildman–Crippen MR) is 103 cm³/mol. The number of nitrogens with zero attached hydrogens (tertiary/aromatic N) is 3. The van der Waals surface area contributed by atoms with E-state index < -0.39 is 48.1 Å². The van der Waals surface area contributed by atoms with Gasteiger partial charge >= 0.3 is 12.4 Å². The van der Waals surface area contributed by atoms with E-state index in [-0.39, 0.29) is 10.6 Å². The van der Waals surface area contributed by atoms with Crippen LogP contribution in [0, 0.1) is 0 Å². The zero-order valence-electron chi connectivity index (χ0n) is 16.2. The Morgan fingerprint density at radius 1 is 0.939 bits per heavy atom. The van der Waals surface area contributed by atoms with Gasteiger partial charge in [0.2, 0.25) is 0 Å². The third kappa shape index (κ3) is 5.75. The molecule has 0 saturated carbocycles. The Kier molecular flexibility index (Phi) is 6.86. The van der Waals surface area contributed by atoms with Gasteiger partial charge < -0.3 is 5.32 Å². The SMILES string of the molecule is O=C(NCC(F)c1ccc(-c2ccc(C(F)(F)F)nc2)cc1Cl)c1nccnc1C(F)(F)F. The van der Waals surface area contributed by atoms with Crippen LogP contribution in [0.1, 0.15) is 33.6 Å². The van der Waals surface area contributed by atoms with Crippen molar-refractivity contribution < 1.29 is 35.5 Å². The molecule has 0 bridgehead atoms. The number of aromatic nitrogens is 3. The third-order valence-electron chi connectivity index (χ3n) is 4.35. The van der Waals surface area contributed by atoms with E-state index in [1.54, 1.807) is 0 Å². The van der Waals surface area contributed by atoms with E-state index in [0.29, 0.717) is 11.1 Å². The fourth-order valence-corrected chi connectivity index (χ4v) is 3.08. The van der Waals surface area contributed by atoms with E-state index in [4.69, 9.17) is 11.6 Å². The maximum atomic E-state index is 14.6. The number of carbonyl (C=O) groups excluding carboxylic acids is 1. The summed E-state index contributed by atoms with van der Waals surface area (Å²) in [5, 5.41) is 1.91. The minimum absolute atomic E-state index is 0.0872. The van der Waals surface area contributed by atoms with Crippen molar-refractivity contribution in [2.24, 2.45) is 0 Å². The monoisotopic (exact) mass is 492 g/mol. The number of halogens is 8. The summed E-state index contributed by atoms with van der Waals surface area (Å²) < 4.78 is 91.4. The van der Waals surface area contributed by atoms with Gasteiger partial charge in [-0.3, -0.25) is 9.78 Å². The molecule has 0 saturated heterocycles. The van der Waals surface area contributed by atoms with Crippen LogP contribution in [0.4, 0.5) is 30.7 Å². The Hall–Kier alpha value is -3.28. The molecular formula is C20H12ClF7N4O. The summed E-state index contributed by atoms with van der Waals surface area (Å²) in [4.78, 5) is 21.9. The van der Waals surface area contributed by atoms with Gasteiger partial charge in [-0.05, 0) is 17.7 Å². The van der Waals surface area contributed by atoms with Crippen molar-refractivity contribution >= 4 is 17.5 Å². The van der Waals surface area contributed by atoms with Crippen molar-refractivity contribution in [1.82, 2.24) is 20.3 Å². The number of amides is 1. The van der Waals surface area contributed by atoms with Crippen LogP contribution in [0.3, 0.4) is 0 Å². The van der Waals surface area contributed by atoms with Crippen molar-refractivity contribution in [2.75, 3.05) is 6.54 Å². The molecule has 1 aromatic carbocycles. The topological polar surface area (TPSA) is 67.8 Å². The minimum Gasteiger partial charge on any atom is -0.347 e. The second-order valence-electron chi connectivity index (χ2n) is 6.60. The van der Waals surface area contributed by atoms with E-state index in [2.05, 4.69) is 15.0 Å². The van der Waals surface area contributed by atoms with E-state index >= 15 is 0 Å². The lowest BCUT2D eigenvalue weighted by atomic mass is 10.0. The first-order valence-electron chi connectivity index (χ1n) is 9.01. The lowest BCUT2D eigenvalue weighted by Gasteiger charge is -2.14. The van der Waals surface area contributed by atoms with Crippen LogP contribution in [-0.2, 0) is 12.4 Å². The highest BCUT2D eigenvalue weighted by molar-refractivity contribution is 6.31. The van der Waals surface area contributed by atoms with Gasteiger partial charge in [0.15, 0.2) is 11.4 Å². The Morgan fingerprint density at radius 3 is 2.18 bits per heavy atom. The predicted octanol–water partition coefficient (Wildman–Crippen LogP) is 5.67. The standard InChI is InChI=1S/C20H12ClF7N4O/c21-13-7-10(11-2-4-15(31-8-11)19(23,24)25)1-3-12(13)14(22)9-32-18(33)16-17(20(26,27)28)30-6-5-29-16/h1-8,14H,9H2,(H,32,33). The van der Waals surface area contributed by atoms with Crippen LogP contribution in [-0.4, -0.2) is 27.4 Å². The van der Waals surface area contributed by atoms with Gasteiger partial charge in [-0.1, -0.05) is 29.8 Å². The number of hydrogen-bond acceptors (Lipinski definition) is 4. The smallest absolute Gasteiger partial charge is 0.347 e. The number of hydrogen-bond donors (Lipinski definition) is 1. The third-order valence-corrected chi connectivity index (χ3v) is 4.68. The lowest BCUT2D eigenvalue weighted by Crippen LogP contribution is -2.30. The second kappa shape index (κ2) is 9.30. The van der Waals surface area contributed by atoms with Gasteiger partial charge in [-0.25, -0.2) is 14.4 Å². The average Bonchev–Trinajstić information content (AvgIpc) is 2.76. The molecule has 2 aromatic heterocycles. The normalized spacial score (nSPS) is 13.0. The molecule has 13 heteroatoms. The molecule has 174 valence electrons. The first kappa shape index (κ1) is 24.4. The molecule has 33 heavy (non-hydrogen) atoms. The van der Waals surface area contributed by atoms with Crippen LogP contribution < -0.4 is 5.32 Å². The summed E-state index contributed by atoms with van der Waals surface area (Å²) in [6.45, 7) is -0.715. The summed E-state index contributed by atoms with van der Waals surface area (Å²) >= 11 is 6.07. The first-order valence-corrected chi connectivity index (χ1v) is 9.39. The summed E-state index contributed by atoms with van der Waals surface area (Å²) in [6.07, 6.45) is -8.78. The Morgan fingerprint density at radius 2 is 1.61 bits per heavy atom. The first-order chi connectivity index (χ1) is 15.4. The summed E-state index contributed by atoms with van der Waals surface area (Å²) in [6, 6.07) is 5.87. The molecule has 0 spiro atoms. The largest absolute Gasteiger partial charge is 0.435 e. The molecule has 0 aliphatic rings. The van der Waals surface area contributed by atoms with Gasteiger partial charge in [-0.2, -0.15) is 26.3 Å². The maximum Gasteiger partial charge on any atom is 0.435 e. The molecule has 1 unspecified atom stereocenters. The number of pyridine rings is 1. The van der Waals surface area contributed by atoms with Crippen molar-refractivity contribution in [1.29, 1.82) is 0 Å². The highest BCUT2D eigenvalue weighted by Gasteiger charge is 2.38. The van der Waals surface area contributed by atoms with Gasteiger partial charge in [0.25, 0.3) is 5.91 Å². The number of benzene rings is 1. The second-order valence-corrected chi connectivity index (χ2v) is 7.00. The molecule has 5 nitrogen and oxygen atoms in total. The van der Waals surface area contributed by atoms with Crippen LogP contribution in [0.25, 0.3) is 11.1 Å². The molecule has 3 aromatic rings. The molecule has 0 aliphatic carbocycles. The van der Waals surface area contributed by atoms with Gasteiger partial charge in [0.05, 0.1) is 6.54 Å². The molecule has 1 atom stereocenters. The average molecular weight is 493 g/mol. The lowest BCUT2D eigenvalue weighted by molar-refractivity contribution is -0.142. The van der Waals surface area contributed by atoms with Crippen LogP contribution in [0.2, 0.25) is 5.02 Å². The van der Waals surface area contributed by atoms with Gasteiger partial charge in [0, 0.05) is 34.7 Å². The van der Waals surface area contributed by atoms with E-state index in [9.17, 15) is 35.5 Å². The number of carbonyl (C=O) groups is 1. The highest BCUT2D eigenvalue weighted by atomic mass is 35.5. The molecule has 0 fully saturated rings. The van der Waals surface area contributed by atoms with Crippen molar-refractivity contribution in [2.45, 2.75) is 18.5 Å². The molecule has 0 radical (unpaired) electrons. The molecule has 1 N–H and O–H groups in total. The van der Waals surface area contributed by atoms with E-state index in [1.807, 2.05) is 5.32 Å². The summed E-state index contributed by atoms with van der Waals surface area (Å²) in [5.74, 6) is -1.28. The fraction of sp³-hybridized carbons (Fsp3) is 0.200. The Labute approximate surface area is 186 Å². The quantitative estimate of drug-likeness (QED) is 0.466. The van der Waals surface area contributed by atoms with Crippen molar-refractivity contribution in [3.05, 3.63) is 76.6 Å². The molecule has 3 rings (SSSR count). The van der Waals surface area contributed by atoms with E-state index in [0.717, 1.165) is 24.7 Å². The van der Waals surface area contributed by atoms with Gasteiger partial charge in [0.1, 0.15) is 11.9 Å². The molecule has 1 amide bonds. The maximum absolute atomic E-state index is 14.6. The van der Waals surface area contributed by atoms with Crippen LogP contribution >= 0.6 is 11.6 Å². The highest BCUT2D eigenvalue weighted by Crippen LogP contribution is 2.33.